The van der Waals surface area contributed by atoms with Crippen LogP contribution in [-0.4, -0.2) is 45.4 Å². The summed E-state index contributed by atoms with van der Waals surface area (Å²) in [5.74, 6) is 0.886. The van der Waals surface area contributed by atoms with E-state index in [-0.39, 0.29) is 0 Å². The molecule has 5 nitrogen and oxygen atoms in total. The molecule has 6 heteroatoms. The molecule has 19 heavy (non-hydrogen) atoms. The van der Waals surface area contributed by atoms with Crippen LogP contribution in [0.15, 0.2) is 11.6 Å². The van der Waals surface area contributed by atoms with Gasteiger partial charge in [-0.2, -0.15) is 17.4 Å². The summed E-state index contributed by atoms with van der Waals surface area (Å²) in [6.07, 6.45) is 4.12. The highest BCUT2D eigenvalue weighted by molar-refractivity contribution is 7.87. The minimum Gasteiger partial charge on any atom is -0.313 e. The smallest absolute Gasteiger partial charge is 0.279 e. The fourth-order valence-electron chi connectivity index (χ4n) is 2.91. The second kappa shape index (κ2) is 6.35. The van der Waals surface area contributed by atoms with Crippen LogP contribution >= 0.6 is 0 Å². The van der Waals surface area contributed by atoms with Gasteiger partial charge in [-0.15, -0.1) is 0 Å². The van der Waals surface area contributed by atoms with Crippen LogP contribution in [0.4, 0.5) is 0 Å². The molecule has 1 saturated heterocycles. The molecule has 110 valence electrons. The van der Waals surface area contributed by atoms with Crippen molar-refractivity contribution in [1.29, 1.82) is 0 Å². The highest BCUT2D eigenvalue weighted by atomic mass is 32.2. The Morgan fingerprint density at radius 2 is 2.05 bits per heavy atom. The van der Waals surface area contributed by atoms with Gasteiger partial charge in [-0.1, -0.05) is 25.5 Å². The molecule has 0 aliphatic carbocycles. The zero-order chi connectivity index (χ0) is 13.9. The van der Waals surface area contributed by atoms with Gasteiger partial charge in [0.25, 0.3) is 10.2 Å². The molecule has 0 aromatic carbocycles. The van der Waals surface area contributed by atoms with Crippen LogP contribution in [-0.2, 0) is 10.2 Å². The van der Waals surface area contributed by atoms with Crippen LogP contribution in [0, 0.1) is 11.8 Å². The van der Waals surface area contributed by atoms with Gasteiger partial charge in [0, 0.05) is 26.2 Å². The standard InChI is InChI=1S/C13H25N3O2S/c1-11-7-12(2)10-16(9-11)19(17,18)15-8-13-3-5-14-6-4-13/h3,11-12,14-15H,4-10H2,1-2H3. The molecule has 1 fully saturated rings. The lowest BCUT2D eigenvalue weighted by atomic mass is 9.94. The van der Waals surface area contributed by atoms with E-state index in [0.29, 0.717) is 31.5 Å². The van der Waals surface area contributed by atoms with Gasteiger partial charge in [0.15, 0.2) is 0 Å². The SMILES string of the molecule is CC1CC(C)CN(S(=O)(=O)NCC2=CCNCC2)C1. The number of hydrogen-bond donors (Lipinski definition) is 2. The summed E-state index contributed by atoms with van der Waals surface area (Å²) in [5.41, 5.74) is 1.18. The van der Waals surface area contributed by atoms with Crippen LogP contribution < -0.4 is 10.0 Å². The summed E-state index contributed by atoms with van der Waals surface area (Å²) in [6.45, 7) is 7.74. The van der Waals surface area contributed by atoms with Crippen molar-refractivity contribution in [3.63, 3.8) is 0 Å². The third-order valence-corrected chi connectivity index (χ3v) is 5.30. The Balaban J connectivity index is 1.92. The minimum atomic E-state index is -3.33. The van der Waals surface area contributed by atoms with Crippen LogP contribution in [0.2, 0.25) is 0 Å². The Kier molecular flexibility index (Phi) is 5.00. The van der Waals surface area contributed by atoms with E-state index in [0.717, 1.165) is 25.9 Å². The average Bonchev–Trinajstić information content (AvgIpc) is 2.37. The second-order valence-electron chi connectivity index (χ2n) is 5.91. The zero-order valence-electron chi connectivity index (χ0n) is 11.9. The first-order valence-corrected chi connectivity index (χ1v) is 8.54. The van der Waals surface area contributed by atoms with E-state index >= 15 is 0 Å². The Labute approximate surface area is 116 Å². The Morgan fingerprint density at radius 3 is 2.63 bits per heavy atom. The maximum absolute atomic E-state index is 12.3. The number of hydrogen-bond acceptors (Lipinski definition) is 3. The largest absolute Gasteiger partial charge is 0.313 e. The summed E-state index contributed by atoms with van der Waals surface area (Å²) < 4.78 is 28.9. The Morgan fingerprint density at radius 1 is 1.37 bits per heavy atom. The van der Waals surface area contributed by atoms with Crippen LogP contribution in [0.25, 0.3) is 0 Å². The van der Waals surface area contributed by atoms with Gasteiger partial charge in [-0.25, -0.2) is 0 Å². The van der Waals surface area contributed by atoms with E-state index < -0.39 is 10.2 Å². The van der Waals surface area contributed by atoms with Crippen molar-refractivity contribution in [2.45, 2.75) is 26.7 Å². The lowest BCUT2D eigenvalue weighted by Crippen LogP contribution is -2.48. The first kappa shape index (κ1) is 15.0. The number of nitrogens with one attached hydrogen (secondary N) is 2. The molecule has 2 atom stereocenters. The quantitative estimate of drug-likeness (QED) is 0.749. The van der Waals surface area contributed by atoms with Crippen LogP contribution in [0.5, 0.6) is 0 Å². The van der Waals surface area contributed by atoms with Gasteiger partial charge in [0.1, 0.15) is 0 Å². The molecule has 0 amide bonds. The van der Waals surface area contributed by atoms with Crippen molar-refractivity contribution in [2.75, 3.05) is 32.7 Å². The van der Waals surface area contributed by atoms with Crippen molar-refractivity contribution in [3.8, 4) is 0 Å². The molecule has 2 heterocycles. The Hall–Kier alpha value is -0.430. The van der Waals surface area contributed by atoms with Crippen LogP contribution in [0.1, 0.15) is 26.7 Å². The molecule has 0 aromatic rings. The summed E-state index contributed by atoms with van der Waals surface area (Å²) in [6, 6.07) is 0. The van der Waals surface area contributed by atoms with Crippen molar-refractivity contribution < 1.29 is 8.42 Å². The first-order chi connectivity index (χ1) is 8.97. The summed E-state index contributed by atoms with van der Waals surface area (Å²) in [7, 11) is -3.33. The second-order valence-corrected chi connectivity index (χ2v) is 7.66. The lowest BCUT2D eigenvalue weighted by Gasteiger charge is -2.34. The van der Waals surface area contributed by atoms with Gasteiger partial charge in [0.2, 0.25) is 0 Å². The van der Waals surface area contributed by atoms with Crippen LogP contribution in [0.3, 0.4) is 0 Å². The maximum Gasteiger partial charge on any atom is 0.279 e. The molecule has 2 N–H and O–H groups in total. The topological polar surface area (TPSA) is 61.4 Å². The Bertz CT molecular complexity index is 423. The molecular formula is C13H25N3O2S. The van der Waals surface area contributed by atoms with Gasteiger partial charge in [-0.3, -0.25) is 0 Å². The average molecular weight is 287 g/mol. The predicted octanol–water partition coefficient (Wildman–Crippen LogP) is 0.718. The molecule has 0 radical (unpaired) electrons. The van der Waals surface area contributed by atoms with Crippen molar-refractivity contribution in [3.05, 3.63) is 11.6 Å². The highest BCUT2D eigenvalue weighted by Gasteiger charge is 2.30. The van der Waals surface area contributed by atoms with Crippen molar-refractivity contribution in [1.82, 2.24) is 14.3 Å². The normalized spacial score (nSPS) is 30.1. The van der Waals surface area contributed by atoms with E-state index in [4.69, 9.17) is 0 Å². The number of piperidine rings is 1. The molecule has 0 saturated carbocycles. The molecule has 0 bridgehead atoms. The molecule has 2 unspecified atom stereocenters. The molecule has 2 aliphatic rings. The lowest BCUT2D eigenvalue weighted by molar-refractivity contribution is 0.221. The van der Waals surface area contributed by atoms with E-state index in [9.17, 15) is 8.42 Å². The molecule has 0 spiro atoms. The highest BCUT2D eigenvalue weighted by Crippen LogP contribution is 2.22. The summed E-state index contributed by atoms with van der Waals surface area (Å²) in [4.78, 5) is 0. The van der Waals surface area contributed by atoms with Gasteiger partial charge >= 0.3 is 0 Å². The van der Waals surface area contributed by atoms with Gasteiger partial charge in [-0.05, 0) is 31.2 Å². The maximum atomic E-state index is 12.3. The van der Waals surface area contributed by atoms with Crippen molar-refractivity contribution >= 4 is 10.2 Å². The van der Waals surface area contributed by atoms with Gasteiger partial charge < -0.3 is 5.32 Å². The van der Waals surface area contributed by atoms with E-state index in [1.165, 1.54) is 5.57 Å². The fraction of sp³-hybridized carbons (Fsp3) is 0.846. The predicted molar refractivity (Wildman–Crippen MR) is 77.0 cm³/mol. The molecule has 0 aromatic heterocycles. The third-order valence-electron chi connectivity index (χ3n) is 3.81. The summed E-state index contributed by atoms with van der Waals surface area (Å²) >= 11 is 0. The summed E-state index contributed by atoms with van der Waals surface area (Å²) in [5, 5.41) is 3.22. The third kappa shape index (κ3) is 4.27. The monoisotopic (exact) mass is 287 g/mol. The number of nitrogens with zero attached hydrogens (tertiary/aromatic N) is 1. The fourth-order valence-corrected chi connectivity index (χ4v) is 4.36. The van der Waals surface area contributed by atoms with Gasteiger partial charge in [0.05, 0.1) is 0 Å². The molecule has 2 aliphatic heterocycles. The molecular weight excluding hydrogens is 262 g/mol. The van der Waals surface area contributed by atoms with E-state index in [1.54, 1.807) is 4.31 Å². The van der Waals surface area contributed by atoms with Crippen molar-refractivity contribution in [2.24, 2.45) is 11.8 Å². The van der Waals surface area contributed by atoms with E-state index in [2.05, 4.69) is 30.0 Å². The van der Waals surface area contributed by atoms with E-state index in [1.807, 2.05) is 0 Å². The zero-order valence-corrected chi connectivity index (χ0v) is 12.7. The first-order valence-electron chi connectivity index (χ1n) is 7.10. The minimum absolute atomic E-state index is 0.443. The number of rotatable bonds is 4. The molecule has 2 rings (SSSR count).